The Bertz CT molecular complexity index is 1220. The highest BCUT2D eigenvalue weighted by atomic mass is 32.2. The molecule has 0 aliphatic heterocycles. The van der Waals surface area contributed by atoms with Crippen molar-refractivity contribution in [2.75, 3.05) is 37.0 Å². The number of rotatable bonds is 8. The monoisotopic (exact) mass is 448 g/mol. The highest BCUT2D eigenvalue weighted by molar-refractivity contribution is 7.87. The average Bonchev–Trinajstić information content (AvgIpc) is 3.02. The van der Waals surface area contributed by atoms with E-state index < -0.39 is 10.3 Å². The van der Waals surface area contributed by atoms with Gasteiger partial charge in [0.1, 0.15) is 18.2 Å². The van der Waals surface area contributed by atoms with E-state index in [9.17, 15) is 17.8 Å². The molecule has 2 heterocycles. The molecular weight excluding hydrogens is 424 g/mol. The van der Waals surface area contributed by atoms with Crippen LogP contribution in [0, 0.1) is 0 Å². The first-order valence-corrected chi connectivity index (χ1v) is 10.7. The summed E-state index contributed by atoms with van der Waals surface area (Å²) in [5.41, 5.74) is 2.47. The molecule has 0 aliphatic rings. The highest BCUT2D eigenvalue weighted by Crippen LogP contribution is 2.36. The maximum Gasteiger partial charge on any atom is 0.359 e. The molecule has 31 heavy (non-hydrogen) atoms. The third-order valence-electron chi connectivity index (χ3n) is 4.65. The number of hydrogen-bond acceptors (Lipinski definition) is 6. The van der Waals surface area contributed by atoms with Gasteiger partial charge in [-0.25, -0.2) is 4.98 Å². The van der Waals surface area contributed by atoms with Crippen LogP contribution < -0.4 is 14.4 Å². The number of anilines is 2. The fourth-order valence-corrected chi connectivity index (χ4v) is 3.51. The summed E-state index contributed by atoms with van der Waals surface area (Å²) in [6.45, 7) is 2.02. The minimum Gasteiger partial charge on any atom is -0.491 e. The molecule has 3 rings (SSSR count). The second kappa shape index (κ2) is 8.92. The van der Waals surface area contributed by atoms with Crippen molar-refractivity contribution in [3.8, 4) is 16.9 Å². The van der Waals surface area contributed by atoms with Crippen LogP contribution >= 0.6 is 0 Å². The molecule has 0 aliphatic carbocycles. The van der Waals surface area contributed by atoms with E-state index in [1.54, 1.807) is 31.5 Å². The average molecular weight is 449 g/mol. The van der Waals surface area contributed by atoms with E-state index in [0.717, 1.165) is 20.8 Å². The van der Waals surface area contributed by atoms with Crippen molar-refractivity contribution in [3.05, 3.63) is 36.7 Å². The summed E-state index contributed by atoms with van der Waals surface area (Å²) in [6.07, 6.45) is 3.52. The molecule has 0 radical (unpaired) electrons. The molecule has 10 nitrogen and oxygen atoms in total. The van der Waals surface area contributed by atoms with Crippen molar-refractivity contribution in [1.29, 1.82) is 0 Å². The normalized spacial score (nSPS) is 11.5. The van der Waals surface area contributed by atoms with Gasteiger partial charge in [0, 0.05) is 51.3 Å². The third-order valence-corrected chi connectivity index (χ3v) is 5.55. The van der Waals surface area contributed by atoms with E-state index in [2.05, 4.69) is 10.3 Å². The van der Waals surface area contributed by atoms with Gasteiger partial charge in [-0.15, -0.1) is 0 Å². The Morgan fingerprint density at radius 1 is 1.26 bits per heavy atom. The van der Waals surface area contributed by atoms with E-state index in [1.807, 2.05) is 17.8 Å². The molecule has 1 amide bonds. The lowest BCUT2D eigenvalue weighted by Gasteiger charge is -2.18. The standard InChI is InChI=1S/C20H24N4O6S/c1-13(25)22-20-10-17-18(12-23(2)19(17)11-21-20)14-7-15(24(3)31(26,27)28)9-16(8-14)30-6-5-29-4/h7-12H,5-6H2,1-4H3,(H,21,22,25)(H,26,27,28). The number of amides is 1. The number of hydrogen-bond donors (Lipinski definition) is 2. The van der Waals surface area contributed by atoms with Gasteiger partial charge in [0.2, 0.25) is 5.91 Å². The summed E-state index contributed by atoms with van der Waals surface area (Å²) in [7, 11) is 0.188. The van der Waals surface area contributed by atoms with Crippen molar-refractivity contribution in [2.45, 2.75) is 6.92 Å². The lowest BCUT2D eigenvalue weighted by molar-refractivity contribution is -0.114. The van der Waals surface area contributed by atoms with Gasteiger partial charge in [0.25, 0.3) is 0 Å². The first-order chi connectivity index (χ1) is 14.6. The highest BCUT2D eigenvalue weighted by Gasteiger charge is 2.18. The molecule has 3 aromatic rings. The van der Waals surface area contributed by atoms with Crippen molar-refractivity contribution in [1.82, 2.24) is 9.55 Å². The number of aromatic nitrogens is 2. The Morgan fingerprint density at radius 3 is 2.65 bits per heavy atom. The van der Waals surface area contributed by atoms with Gasteiger partial charge >= 0.3 is 10.3 Å². The minimum atomic E-state index is -4.46. The first-order valence-electron chi connectivity index (χ1n) is 9.31. The van der Waals surface area contributed by atoms with Gasteiger partial charge in [-0.05, 0) is 23.8 Å². The van der Waals surface area contributed by atoms with E-state index in [4.69, 9.17) is 9.47 Å². The van der Waals surface area contributed by atoms with Crippen LogP contribution in [0.15, 0.2) is 36.7 Å². The van der Waals surface area contributed by atoms with Crippen molar-refractivity contribution < 1.29 is 27.2 Å². The van der Waals surface area contributed by atoms with Gasteiger partial charge in [-0.2, -0.15) is 8.42 Å². The number of carbonyl (C=O) groups is 1. The zero-order chi connectivity index (χ0) is 22.8. The minimum absolute atomic E-state index is 0.223. The molecule has 166 valence electrons. The van der Waals surface area contributed by atoms with E-state index in [1.165, 1.54) is 20.0 Å². The van der Waals surface area contributed by atoms with E-state index >= 15 is 0 Å². The predicted octanol–water partition coefficient (Wildman–Crippen LogP) is 2.46. The van der Waals surface area contributed by atoms with Crippen molar-refractivity contribution in [3.63, 3.8) is 0 Å². The number of carbonyl (C=O) groups excluding carboxylic acids is 1. The first kappa shape index (κ1) is 22.5. The SMILES string of the molecule is COCCOc1cc(-c2cn(C)c3cnc(NC(C)=O)cc23)cc(N(C)S(=O)(=O)O)c1. The second-order valence-electron chi connectivity index (χ2n) is 6.92. The van der Waals surface area contributed by atoms with Gasteiger partial charge in [-0.1, -0.05) is 0 Å². The van der Waals surface area contributed by atoms with Gasteiger partial charge < -0.3 is 19.4 Å². The molecule has 0 fully saturated rings. The lowest BCUT2D eigenvalue weighted by atomic mass is 10.0. The number of fused-ring (bicyclic) bond motifs is 1. The third kappa shape index (κ3) is 5.13. The summed E-state index contributed by atoms with van der Waals surface area (Å²) in [5.74, 6) is 0.568. The number of nitrogens with one attached hydrogen (secondary N) is 1. The summed E-state index contributed by atoms with van der Waals surface area (Å²) in [5, 5.41) is 3.46. The van der Waals surface area contributed by atoms with E-state index in [0.29, 0.717) is 23.7 Å². The molecule has 0 saturated carbocycles. The number of ether oxygens (including phenoxy) is 2. The Kier molecular flexibility index (Phi) is 6.48. The Labute approximate surface area is 180 Å². The fourth-order valence-electron chi connectivity index (χ4n) is 3.14. The smallest absolute Gasteiger partial charge is 0.359 e. The van der Waals surface area contributed by atoms with Crippen LogP contribution in [0.3, 0.4) is 0 Å². The molecule has 0 spiro atoms. The van der Waals surface area contributed by atoms with E-state index in [-0.39, 0.29) is 18.2 Å². The lowest BCUT2D eigenvalue weighted by Crippen LogP contribution is -2.25. The Morgan fingerprint density at radius 2 is 2.00 bits per heavy atom. The molecule has 0 atom stereocenters. The molecule has 2 N–H and O–H groups in total. The Balaban J connectivity index is 2.16. The molecule has 0 saturated heterocycles. The number of benzene rings is 1. The van der Waals surface area contributed by atoms with Crippen LogP contribution in [-0.2, 0) is 26.9 Å². The molecule has 0 bridgehead atoms. The van der Waals surface area contributed by atoms with Gasteiger partial charge in [0.15, 0.2) is 0 Å². The summed E-state index contributed by atoms with van der Waals surface area (Å²) >= 11 is 0. The molecular formula is C20H24N4O6S. The number of pyridine rings is 1. The maximum atomic E-state index is 11.7. The maximum absolute atomic E-state index is 11.7. The molecule has 0 unspecified atom stereocenters. The van der Waals surface area contributed by atoms with Crippen LogP contribution in [0.5, 0.6) is 5.75 Å². The second-order valence-corrected chi connectivity index (χ2v) is 8.37. The molecule has 11 heteroatoms. The number of methoxy groups -OCH3 is 1. The topological polar surface area (TPSA) is 123 Å². The fraction of sp³-hybridized carbons (Fsp3) is 0.300. The quantitative estimate of drug-likeness (QED) is 0.401. The molecule has 1 aromatic carbocycles. The van der Waals surface area contributed by atoms with Crippen LogP contribution in [0.2, 0.25) is 0 Å². The van der Waals surface area contributed by atoms with Gasteiger partial charge in [-0.3, -0.25) is 13.7 Å². The van der Waals surface area contributed by atoms with Crippen LogP contribution in [0.4, 0.5) is 11.5 Å². The summed E-state index contributed by atoms with van der Waals surface area (Å²) in [6, 6.07) is 6.66. The van der Waals surface area contributed by atoms with Crippen LogP contribution in [-0.4, -0.2) is 55.8 Å². The summed E-state index contributed by atoms with van der Waals surface area (Å²) in [4.78, 5) is 15.7. The van der Waals surface area contributed by atoms with Crippen molar-refractivity contribution >= 4 is 38.6 Å². The number of aryl methyl sites for hydroxylation is 1. The zero-order valence-corrected chi connectivity index (χ0v) is 18.4. The Hall–Kier alpha value is -3.15. The number of nitrogens with zero attached hydrogens (tertiary/aromatic N) is 3. The van der Waals surface area contributed by atoms with Crippen LogP contribution in [0.25, 0.3) is 22.0 Å². The zero-order valence-electron chi connectivity index (χ0n) is 17.6. The van der Waals surface area contributed by atoms with Crippen molar-refractivity contribution in [2.24, 2.45) is 7.05 Å². The predicted molar refractivity (Wildman–Crippen MR) is 118 cm³/mol. The van der Waals surface area contributed by atoms with Crippen LogP contribution in [0.1, 0.15) is 6.92 Å². The van der Waals surface area contributed by atoms with Gasteiger partial charge in [0.05, 0.1) is 24.0 Å². The largest absolute Gasteiger partial charge is 0.491 e. The summed E-state index contributed by atoms with van der Waals surface area (Å²) < 4.78 is 46.2. The molecule has 2 aromatic heterocycles.